The largest absolute Gasteiger partial charge is 0.343 e. The fourth-order valence-corrected chi connectivity index (χ4v) is 1.12. The maximum Gasteiger partial charge on any atom is 0.213 e. The second-order valence-corrected chi connectivity index (χ2v) is 2.70. The van der Waals surface area contributed by atoms with Gasteiger partial charge in [0.2, 0.25) is 6.39 Å². The molecule has 0 spiro atoms. The molecule has 68 valence electrons. The first-order chi connectivity index (χ1) is 6.29. The fourth-order valence-electron chi connectivity index (χ4n) is 1.12. The van der Waals surface area contributed by atoms with Crippen LogP contribution in [-0.4, -0.2) is 19.7 Å². The summed E-state index contributed by atoms with van der Waals surface area (Å²) in [7, 11) is 1.86. The molecule has 2 rings (SSSR count). The number of aromatic nitrogens is 4. The molecule has 0 saturated carbocycles. The molecule has 0 aliphatic heterocycles. The molecule has 0 aromatic carbocycles. The van der Waals surface area contributed by atoms with Gasteiger partial charge < -0.3 is 14.8 Å². The van der Waals surface area contributed by atoms with E-state index in [4.69, 9.17) is 5.73 Å². The van der Waals surface area contributed by atoms with Crippen LogP contribution in [0.3, 0.4) is 0 Å². The summed E-state index contributed by atoms with van der Waals surface area (Å²) in [6.07, 6.45) is 4.61. The first kappa shape index (κ1) is 7.93. The van der Waals surface area contributed by atoms with Gasteiger partial charge in [-0.15, -0.1) is 0 Å². The first-order valence-corrected chi connectivity index (χ1v) is 3.77. The van der Waals surface area contributed by atoms with E-state index < -0.39 is 0 Å². The predicted octanol–water partition coefficient (Wildman–Crippen LogP) is -0.149. The van der Waals surface area contributed by atoms with Crippen LogP contribution in [0.25, 0.3) is 0 Å². The van der Waals surface area contributed by atoms with E-state index in [-0.39, 0.29) is 6.04 Å². The highest BCUT2D eigenvalue weighted by atomic mass is 16.5. The minimum atomic E-state index is -0.383. The minimum absolute atomic E-state index is 0.383. The second-order valence-electron chi connectivity index (χ2n) is 2.70. The molecule has 0 aliphatic rings. The first-order valence-electron chi connectivity index (χ1n) is 3.77. The molecule has 0 aliphatic carbocycles. The molecule has 2 aromatic heterocycles. The zero-order valence-corrected chi connectivity index (χ0v) is 7.08. The Morgan fingerprint density at radius 3 is 3.00 bits per heavy atom. The minimum Gasteiger partial charge on any atom is -0.343 e. The molecule has 6 heteroatoms. The van der Waals surface area contributed by atoms with E-state index >= 15 is 0 Å². The number of hydrogen-bond acceptors (Lipinski definition) is 5. The van der Waals surface area contributed by atoms with Gasteiger partial charge in [-0.2, -0.15) is 4.98 Å². The Bertz CT molecular complexity index is 379. The van der Waals surface area contributed by atoms with Crippen molar-refractivity contribution in [2.75, 3.05) is 0 Å². The lowest BCUT2D eigenvalue weighted by Crippen LogP contribution is -2.16. The Hall–Kier alpha value is -1.69. The molecule has 0 saturated heterocycles. The quantitative estimate of drug-likeness (QED) is 0.693. The van der Waals surface area contributed by atoms with Crippen molar-refractivity contribution in [3.63, 3.8) is 0 Å². The van der Waals surface area contributed by atoms with Crippen molar-refractivity contribution in [1.82, 2.24) is 19.7 Å². The molecule has 0 fully saturated rings. The second kappa shape index (κ2) is 2.98. The molecule has 6 nitrogen and oxygen atoms in total. The van der Waals surface area contributed by atoms with Gasteiger partial charge in [0.15, 0.2) is 5.82 Å². The third-order valence-corrected chi connectivity index (χ3v) is 1.83. The summed E-state index contributed by atoms with van der Waals surface area (Å²) in [5.41, 5.74) is 6.71. The molecule has 2 heterocycles. The lowest BCUT2D eigenvalue weighted by molar-refractivity contribution is 0.406. The highest BCUT2D eigenvalue weighted by molar-refractivity contribution is 5.12. The lowest BCUT2D eigenvalue weighted by Gasteiger charge is -2.06. The van der Waals surface area contributed by atoms with Gasteiger partial charge in [0.05, 0.1) is 18.2 Å². The van der Waals surface area contributed by atoms with E-state index in [0.29, 0.717) is 5.82 Å². The number of nitrogens with zero attached hydrogens (tertiary/aromatic N) is 4. The Morgan fingerprint density at radius 1 is 1.62 bits per heavy atom. The third-order valence-electron chi connectivity index (χ3n) is 1.83. The van der Waals surface area contributed by atoms with Gasteiger partial charge in [0.1, 0.15) is 6.04 Å². The number of rotatable bonds is 2. The van der Waals surface area contributed by atoms with Crippen LogP contribution in [0.2, 0.25) is 0 Å². The summed E-state index contributed by atoms with van der Waals surface area (Å²) in [5, 5.41) is 3.66. The molecular weight excluding hydrogens is 170 g/mol. The monoisotopic (exact) mass is 179 g/mol. The predicted molar refractivity (Wildman–Crippen MR) is 43.5 cm³/mol. The molecule has 13 heavy (non-hydrogen) atoms. The van der Waals surface area contributed by atoms with Crippen LogP contribution in [0.5, 0.6) is 0 Å². The van der Waals surface area contributed by atoms with Gasteiger partial charge in [0.25, 0.3) is 0 Å². The van der Waals surface area contributed by atoms with E-state index in [1.54, 1.807) is 12.5 Å². The van der Waals surface area contributed by atoms with Gasteiger partial charge >= 0.3 is 0 Å². The Morgan fingerprint density at radius 2 is 2.46 bits per heavy atom. The van der Waals surface area contributed by atoms with Crippen molar-refractivity contribution in [3.05, 3.63) is 30.4 Å². The zero-order valence-electron chi connectivity index (χ0n) is 7.08. The highest BCUT2D eigenvalue weighted by Crippen LogP contribution is 2.13. The fraction of sp³-hybridized carbons (Fsp3) is 0.286. The van der Waals surface area contributed by atoms with E-state index in [9.17, 15) is 0 Å². The molecule has 1 atom stereocenters. The standard InChI is InChI=1S/C7H9N5O/c1-12-3-9-2-5(12)6(8)7-10-4-13-11-7/h2-4,6H,8H2,1H3. The highest BCUT2D eigenvalue weighted by Gasteiger charge is 2.16. The summed E-state index contributed by atoms with van der Waals surface area (Å²) in [4.78, 5) is 7.82. The molecule has 0 bridgehead atoms. The van der Waals surface area contributed by atoms with Crippen LogP contribution >= 0.6 is 0 Å². The molecule has 0 radical (unpaired) electrons. The van der Waals surface area contributed by atoms with Gasteiger partial charge in [-0.05, 0) is 0 Å². The molecule has 1 unspecified atom stereocenters. The summed E-state index contributed by atoms with van der Waals surface area (Å²) in [5.74, 6) is 0.462. The van der Waals surface area contributed by atoms with E-state index in [1.807, 2.05) is 11.6 Å². The summed E-state index contributed by atoms with van der Waals surface area (Å²) >= 11 is 0. The van der Waals surface area contributed by atoms with Crippen LogP contribution in [-0.2, 0) is 7.05 Å². The topological polar surface area (TPSA) is 82.8 Å². The summed E-state index contributed by atoms with van der Waals surface area (Å²) in [6.45, 7) is 0. The van der Waals surface area contributed by atoms with E-state index in [0.717, 1.165) is 5.69 Å². The van der Waals surface area contributed by atoms with Crippen molar-refractivity contribution in [2.45, 2.75) is 6.04 Å². The van der Waals surface area contributed by atoms with Gasteiger partial charge in [-0.25, -0.2) is 4.98 Å². The zero-order chi connectivity index (χ0) is 9.26. The van der Waals surface area contributed by atoms with Gasteiger partial charge in [-0.3, -0.25) is 0 Å². The van der Waals surface area contributed by atoms with Crippen LogP contribution in [0, 0.1) is 0 Å². The number of imidazole rings is 1. The molecule has 2 aromatic rings. The maximum absolute atomic E-state index is 5.86. The smallest absolute Gasteiger partial charge is 0.213 e. The van der Waals surface area contributed by atoms with Gasteiger partial charge in [-0.1, -0.05) is 5.16 Å². The Balaban J connectivity index is 2.33. The van der Waals surface area contributed by atoms with Crippen LogP contribution in [0.15, 0.2) is 23.4 Å². The normalized spacial score (nSPS) is 13.1. The molecule has 0 amide bonds. The average Bonchev–Trinajstić information content (AvgIpc) is 2.72. The Kier molecular flexibility index (Phi) is 1.82. The van der Waals surface area contributed by atoms with Crippen LogP contribution in [0.4, 0.5) is 0 Å². The molecular formula is C7H9N5O. The molecule has 2 N–H and O–H groups in total. The van der Waals surface area contributed by atoms with Gasteiger partial charge in [0, 0.05) is 7.05 Å². The third kappa shape index (κ3) is 1.31. The summed E-state index contributed by atoms with van der Waals surface area (Å²) < 4.78 is 6.42. The average molecular weight is 179 g/mol. The summed E-state index contributed by atoms with van der Waals surface area (Å²) in [6, 6.07) is -0.383. The van der Waals surface area contributed by atoms with Crippen LogP contribution in [0.1, 0.15) is 17.6 Å². The number of hydrogen-bond donors (Lipinski definition) is 1. The van der Waals surface area contributed by atoms with Crippen molar-refractivity contribution < 1.29 is 4.52 Å². The SMILES string of the molecule is Cn1cncc1C(N)c1ncon1. The van der Waals surface area contributed by atoms with Crippen molar-refractivity contribution in [3.8, 4) is 0 Å². The maximum atomic E-state index is 5.86. The Labute approximate surface area is 74.4 Å². The van der Waals surface area contributed by atoms with Crippen molar-refractivity contribution in [2.24, 2.45) is 12.8 Å². The van der Waals surface area contributed by atoms with Crippen LogP contribution < -0.4 is 5.73 Å². The van der Waals surface area contributed by atoms with E-state index in [2.05, 4.69) is 19.6 Å². The van der Waals surface area contributed by atoms with E-state index in [1.165, 1.54) is 6.39 Å². The lowest BCUT2D eigenvalue weighted by atomic mass is 10.2. The van der Waals surface area contributed by atoms with Crippen molar-refractivity contribution >= 4 is 0 Å². The number of aryl methyl sites for hydroxylation is 1. The van der Waals surface area contributed by atoms with Crippen molar-refractivity contribution in [1.29, 1.82) is 0 Å². The number of nitrogens with two attached hydrogens (primary N) is 1.